The minimum absolute atomic E-state index is 1.05. The van der Waals surface area contributed by atoms with Crippen LogP contribution >= 0.6 is 0 Å². The van der Waals surface area contributed by atoms with E-state index in [2.05, 4.69) is 192 Å². The maximum absolute atomic E-state index is 3.27. The minimum atomic E-state index is 1.05. The van der Waals surface area contributed by atoms with E-state index in [9.17, 15) is 0 Å². The van der Waals surface area contributed by atoms with Gasteiger partial charge in [0.15, 0.2) is 0 Å². The summed E-state index contributed by atoms with van der Waals surface area (Å²) in [5.41, 5.74) is 8.99. The van der Waals surface area contributed by atoms with Gasteiger partial charge in [-0.05, 0) is 77.2 Å². The van der Waals surface area contributed by atoms with Gasteiger partial charge in [-0.15, -0.1) is 0 Å². The second-order valence-corrected chi connectivity index (χ2v) is 11.3. The predicted molar refractivity (Wildman–Crippen MR) is 194 cm³/mol. The molecule has 46 heavy (non-hydrogen) atoms. The summed E-state index contributed by atoms with van der Waals surface area (Å²) in [5, 5.41) is 4.63. The van der Waals surface area contributed by atoms with Gasteiger partial charge in [0.1, 0.15) is 0 Å². The molecular formula is C44H30N2. The molecule has 0 radical (unpaired) electrons. The summed E-state index contributed by atoms with van der Waals surface area (Å²) in [6.07, 6.45) is 0. The van der Waals surface area contributed by atoms with Crippen LogP contribution in [0.25, 0.3) is 32.7 Å². The summed E-state index contributed by atoms with van der Waals surface area (Å²) < 4.78 is 0. The lowest BCUT2D eigenvalue weighted by atomic mass is 10.0. The second-order valence-electron chi connectivity index (χ2n) is 11.3. The number of fused-ring (bicyclic) bond motifs is 2. The molecule has 8 aromatic rings. The van der Waals surface area contributed by atoms with Crippen LogP contribution in [0.3, 0.4) is 0 Å². The van der Waals surface area contributed by atoms with Crippen molar-refractivity contribution in [1.29, 1.82) is 0 Å². The number of rotatable bonds is 7. The smallest absolute Gasteiger partial charge is 0.0630 e. The maximum Gasteiger partial charge on any atom is 0.0630 e. The summed E-state index contributed by atoms with van der Waals surface area (Å²) in [4.78, 5) is 4.63. The average molecular weight is 587 g/mol. The fourth-order valence-electron chi connectivity index (χ4n) is 6.28. The molecule has 0 aliphatic heterocycles. The molecule has 0 fully saturated rings. The zero-order valence-corrected chi connectivity index (χ0v) is 25.2. The molecule has 0 heterocycles. The molecule has 216 valence electrons. The zero-order chi connectivity index (χ0) is 30.7. The van der Waals surface area contributed by atoms with Gasteiger partial charge in [-0.25, -0.2) is 0 Å². The Hall–Kier alpha value is -6.30. The molecular weight excluding hydrogens is 556 g/mol. The quantitative estimate of drug-likeness (QED) is 0.183. The van der Waals surface area contributed by atoms with Crippen molar-refractivity contribution in [3.8, 4) is 11.1 Å². The topological polar surface area (TPSA) is 6.48 Å². The van der Waals surface area contributed by atoms with Gasteiger partial charge in [-0.3, -0.25) is 0 Å². The van der Waals surface area contributed by atoms with E-state index in [1.807, 2.05) is 12.1 Å². The van der Waals surface area contributed by atoms with Crippen molar-refractivity contribution in [2.45, 2.75) is 0 Å². The van der Waals surface area contributed by atoms with Crippen LogP contribution in [0.1, 0.15) is 0 Å². The van der Waals surface area contributed by atoms with E-state index in [4.69, 9.17) is 0 Å². The third-order valence-corrected chi connectivity index (χ3v) is 8.48. The van der Waals surface area contributed by atoms with E-state index in [-0.39, 0.29) is 0 Å². The van der Waals surface area contributed by atoms with E-state index in [0.29, 0.717) is 0 Å². The van der Waals surface area contributed by atoms with Crippen LogP contribution < -0.4 is 9.80 Å². The highest BCUT2D eigenvalue weighted by atomic mass is 15.1. The van der Waals surface area contributed by atoms with Crippen molar-refractivity contribution in [3.63, 3.8) is 0 Å². The first-order valence-corrected chi connectivity index (χ1v) is 15.5. The molecule has 0 saturated heterocycles. The van der Waals surface area contributed by atoms with E-state index >= 15 is 0 Å². The van der Waals surface area contributed by atoms with Gasteiger partial charge in [0, 0.05) is 45.0 Å². The fourth-order valence-corrected chi connectivity index (χ4v) is 6.28. The molecule has 8 aromatic carbocycles. The molecule has 0 N–H and O–H groups in total. The van der Waals surface area contributed by atoms with Crippen molar-refractivity contribution in [2.24, 2.45) is 0 Å². The monoisotopic (exact) mass is 586 g/mol. The largest absolute Gasteiger partial charge is 0.310 e. The first kappa shape index (κ1) is 27.3. The Balaban J connectivity index is 1.16. The minimum Gasteiger partial charge on any atom is -0.310 e. The average Bonchev–Trinajstić information content (AvgIpc) is 3.14. The molecule has 0 aliphatic carbocycles. The Morgan fingerprint density at radius 1 is 0.348 bits per heavy atom. The Bertz CT molecular complexity index is 2070. The molecule has 2 nitrogen and oxygen atoms in total. The summed E-state index contributed by atoms with van der Waals surface area (Å²) in [5.74, 6) is 0. The fraction of sp³-hybridized carbons (Fsp3) is 0. The van der Waals surface area contributed by atoms with Crippen molar-refractivity contribution in [2.75, 3.05) is 9.80 Å². The summed E-state index contributed by atoms with van der Waals surface area (Å²) in [6, 6.07) is 70.8. The van der Waals surface area contributed by atoms with Gasteiger partial charge in [-0.2, -0.15) is 0 Å². The maximum atomic E-state index is 3.27. The van der Waals surface area contributed by atoms with Crippen LogP contribution in [0.4, 0.5) is 34.1 Å². The Labute approximate surface area is 270 Å². The molecule has 0 spiro atoms. The van der Waals surface area contributed by atoms with Crippen LogP contribution in [0.15, 0.2) is 182 Å². The standard InChI is InChI=1S/C44H30N2/c1-3-17-37(18-4-1)45(43-23-11-15-35-13-7-9-21-41(35)43)39-29-25-33(26-30-39)34-27-31-40(32-28-34)46(38-19-5-2-6-20-38)44-24-12-16-36-14-8-10-22-42(36)44/h1-11,13-15,17-32H. The first-order valence-electron chi connectivity index (χ1n) is 15.5. The zero-order valence-electron chi connectivity index (χ0n) is 25.2. The van der Waals surface area contributed by atoms with Crippen LogP contribution in [0, 0.1) is 12.1 Å². The van der Waals surface area contributed by atoms with Crippen molar-refractivity contribution in [1.82, 2.24) is 0 Å². The molecule has 0 amide bonds. The second kappa shape index (κ2) is 12.0. The molecule has 0 saturated carbocycles. The molecule has 8 rings (SSSR count). The van der Waals surface area contributed by atoms with E-state index < -0.39 is 0 Å². The lowest BCUT2D eigenvalue weighted by Crippen LogP contribution is -2.10. The van der Waals surface area contributed by atoms with Gasteiger partial charge in [-0.1, -0.05) is 127 Å². The van der Waals surface area contributed by atoms with Crippen LogP contribution in [-0.4, -0.2) is 0 Å². The summed E-state index contributed by atoms with van der Waals surface area (Å²) in [7, 11) is 0. The Morgan fingerprint density at radius 3 is 1.46 bits per heavy atom. The molecule has 2 heteroatoms. The lowest BCUT2D eigenvalue weighted by molar-refractivity contribution is 1.29. The molecule has 0 aromatic heterocycles. The van der Waals surface area contributed by atoms with Crippen molar-refractivity contribution < 1.29 is 0 Å². The van der Waals surface area contributed by atoms with E-state index in [1.165, 1.54) is 16.3 Å². The third kappa shape index (κ3) is 5.11. The van der Waals surface area contributed by atoms with Gasteiger partial charge in [0.25, 0.3) is 0 Å². The van der Waals surface area contributed by atoms with Gasteiger partial charge in [0.2, 0.25) is 0 Å². The Morgan fingerprint density at radius 2 is 0.826 bits per heavy atom. The lowest BCUT2D eigenvalue weighted by Gasteiger charge is -2.27. The molecule has 0 aliphatic rings. The predicted octanol–water partition coefficient (Wildman–Crippen LogP) is 12.2. The number of anilines is 6. The molecule has 0 atom stereocenters. The molecule has 0 bridgehead atoms. The number of hydrogen-bond donors (Lipinski definition) is 0. The highest BCUT2D eigenvalue weighted by Crippen LogP contribution is 2.41. The number of hydrogen-bond acceptors (Lipinski definition) is 2. The van der Waals surface area contributed by atoms with Gasteiger partial charge < -0.3 is 9.80 Å². The van der Waals surface area contributed by atoms with E-state index in [1.54, 1.807) is 0 Å². The van der Waals surface area contributed by atoms with Crippen molar-refractivity contribution >= 4 is 55.7 Å². The summed E-state index contributed by atoms with van der Waals surface area (Å²) >= 11 is 0. The van der Waals surface area contributed by atoms with Crippen LogP contribution in [-0.2, 0) is 0 Å². The van der Waals surface area contributed by atoms with Crippen molar-refractivity contribution in [3.05, 3.63) is 194 Å². The molecule has 0 unspecified atom stereocenters. The summed E-state index contributed by atoms with van der Waals surface area (Å²) in [6.45, 7) is 0. The van der Waals surface area contributed by atoms with Crippen LogP contribution in [0.2, 0.25) is 0 Å². The number of nitrogens with zero attached hydrogens (tertiary/aromatic N) is 2. The highest BCUT2D eigenvalue weighted by molar-refractivity contribution is 5.99. The third-order valence-electron chi connectivity index (χ3n) is 8.48. The SMILES string of the molecule is c1cc(N(c2ccccc2)c2ccc(-c3ccc(N(c4ccccc4)c4cccc5ccccc45)cc3)cc2)c2ccccc2c#1. The first-order chi connectivity index (χ1) is 22.8. The number of benzene rings is 7. The van der Waals surface area contributed by atoms with E-state index in [0.717, 1.165) is 50.5 Å². The van der Waals surface area contributed by atoms with Gasteiger partial charge >= 0.3 is 0 Å². The van der Waals surface area contributed by atoms with Crippen LogP contribution in [0.5, 0.6) is 0 Å². The number of para-hydroxylation sites is 2. The van der Waals surface area contributed by atoms with Gasteiger partial charge in [0.05, 0.1) is 11.4 Å². The highest BCUT2D eigenvalue weighted by Gasteiger charge is 2.17. The Kier molecular flexibility index (Phi) is 7.11. The normalized spacial score (nSPS) is 10.9.